The van der Waals surface area contributed by atoms with E-state index in [9.17, 15) is 19.1 Å². The number of hydrogen-bond donors (Lipinski definition) is 1. The summed E-state index contributed by atoms with van der Waals surface area (Å²) in [5, 5.41) is 18.2. The first-order valence-corrected chi connectivity index (χ1v) is 18.8. The van der Waals surface area contributed by atoms with Crippen molar-refractivity contribution < 1.29 is 19.0 Å². The lowest BCUT2D eigenvalue weighted by Crippen LogP contribution is -2.46. The van der Waals surface area contributed by atoms with Gasteiger partial charge in [-0.15, -0.1) is 16.4 Å². The summed E-state index contributed by atoms with van der Waals surface area (Å²) in [7, 11) is -1.13. The number of amides is 1. The van der Waals surface area contributed by atoms with Crippen molar-refractivity contribution >= 4 is 25.5 Å². The summed E-state index contributed by atoms with van der Waals surface area (Å²) in [5.41, 5.74) is 0.922. The van der Waals surface area contributed by atoms with Gasteiger partial charge in [0, 0.05) is 42.1 Å². The van der Waals surface area contributed by atoms with Crippen LogP contribution in [0.25, 0.3) is 21.8 Å². The number of carboxylic acid groups (broad SMARTS) is 1. The van der Waals surface area contributed by atoms with E-state index in [4.69, 9.17) is 4.74 Å². The van der Waals surface area contributed by atoms with Crippen LogP contribution in [0.4, 0.5) is 9.18 Å². The van der Waals surface area contributed by atoms with Crippen LogP contribution in [-0.4, -0.2) is 72.0 Å². The summed E-state index contributed by atoms with van der Waals surface area (Å²) < 4.78 is 23.7. The SMILES string of the molecule is CC(C)(C)N(C/C(=C/F)Cn1ncn(Cc2ccc(-c3ccc(-c4ncn(COCC[Si](C)(C)C)n4)cc3)s2)c1=O)C(=O)O. The Balaban J connectivity index is 1.36. The topological polar surface area (TPSA) is 120 Å². The lowest BCUT2D eigenvalue weighted by molar-refractivity contribution is 0.0785. The number of nitrogens with zero attached hydrogens (tertiary/aromatic N) is 7. The fourth-order valence-electron chi connectivity index (χ4n) is 4.29. The molecule has 1 aromatic carbocycles. The highest BCUT2D eigenvalue weighted by molar-refractivity contribution is 7.15. The van der Waals surface area contributed by atoms with E-state index in [1.54, 1.807) is 43.1 Å². The fraction of sp³-hybridized carbons (Fsp3) is 0.433. The van der Waals surface area contributed by atoms with Crippen LogP contribution in [-0.2, 0) is 24.6 Å². The van der Waals surface area contributed by atoms with Gasteiger partial charge in [0.1, 0.15) is 19.4 Å². The third-order valence-corrected chi connectivity index (χ3v) is 9.70. The van der Waals surface area contributed by atoms with Crippen LogP contribution in [0.5, 0.6) is 0 Å². The van der Waals surface area contributed by atoms with Gasteiger partial charge in [-0.25, -0.2) is 28.3 Å². The van der Waals surface area contributed by atoms with Crippen LogP contribution < -0.4 is 5.69 Å². The van der Waals surface area contributed by atoms with Crippen LogP contribution in [0, 0.1) is 0 Å². The van der Waals surface area contributed by atoms with Crippen LogP contribution in [0.1, 0.15) is 25.6 Å². The zero-order chi connectivity index (χ0) is 32.1. The molecule has 0 radical (unpaired) electrons. The van der Waals surface area contributed by atoms with Crippen molar-refractivity contribution in [2.45, 2.75) is 71.8 Å². The smallest absolute Gasteiger partial charge is 0.408 e. The normalized spacial score (nSPS) is 12.6. The first-order valence-electron chi connectivity index (χ1n) is 14.3. The number of benzene rings is 1. The summed E-state index contributed by atoms with van der Waals surface area (Å²) in [4.78, 5) is 32.2. The van der Waals surface area contributed by atoms with Crippen molar-refractivity contribution in [1.29, 1.82) is 0 Å². The molecule has 14 heteroatoms. The van der Waals surface area contributed by atoms with E-state index in [1.807, 2.05) is 36.4 Å². The summed E-state index contributed by atoms with van der Waals surface area (Å²) in [5.74, 6) is 0.633. The highest BCUT2D eigenvalue weighted by Gasteiger charge is 2.27. The molecule has 236 valence electrons. The van der Waals surface area contributed by atoms with E-state index in [-0.39, 0.29) is 18.7 Å². The van der Waals surface area contributed by atoms with E-state index < -0.39 is 25.4 Å². The number of ether oxygens (including phenoxy) is 1. The number of hydrogen-bond acceptors (Lipinski definition) is 7. The second-order valence-corrected chi connectivity index (χ2v) is 19.6. The summed E-state index contributed by atoms with van der Waals surface area (Å²) >= 11 is 1.56. The Morgan fingerprint density at radius 3 is 2.45 bits per heavy atom. The van der Waals surface area contributed by atoms with E-state index >= 15 is 0 Å². The van der Waals surface area contributed by atoms with Crippen molar-refractivity contribution in [3.8, 4) is 21.8 Å². The molecule has 0 spiro atoms. The van der Waals surface area contributed by atoms with Crippen molar-refractivity contribution in [3.05, 3.63) is 76.3 Å². The molecule has 0 saturated heterocycles. The number of halogens is 1. The van der Waals surface area contributed by atoms with E-state index in [2.05, 4.69) is 34.8 Å². The zero-order valence-electron chi connectivity index (χ0n) is 26.0. The first-order chi connectivity index (χ1) is 20.7. The van der Waals surface area contributed by atoms with Gasteiger partial charge in [-0.05, 0) is 50.1 Å². The Hall–Kier alpha value is -3.88. The molecule has 4 aromatic rings. The molecule has 0 aliphatic heterocycles. The van der Waals surface area contributed by atoms with Crippen LogP contribution >= 0.6 is 11.3 Å². The van der Waals surface area contributed by atoms with Crippen LogP contribution in [0.3, 0.4) is 0 Å². The molecule has 0 aliphatic carbocycles. The van der Waals surface area contributed by atoms with Crippen molar-refractivity contribution in [2.24, 2.45) is 0 Å². The van der Waals surface area contributed by atoms with Crippen molar-refractivity contribution in [3.63, 3.8) is 0 Å². The fourth-order valence-corrected chi connectivity index (χ4v) is 6.06. The van der Waals surface area contributed by atoms with Crippen molar-refractivity contribution in [2.75, 3.05) is 13.2 Å². The maximum absolute atomic E-state index is 13.7. The van der Waals surface area contributed by atoms with Gasteiger partial charge in [0.05, 0.1) is 19.4 Å². The predicted octanol–water partition coefficient (Wildman–Crippen LogP) is 6.02. The Bertz CT molecular complexity index is 1640. The molecule has 3 aromatic heterocycles. The maximum atomic E-state index is 13.7. The molecular formula is C30H40FN7O4SSi. The van der Waals surface area contributed by atoms with E-state index in [1.165, 1.54) is 10.9 Å². The van der Waals surface area contributed by atoms with Gasteiger partial charge in [-0.1, -0.05) is 43.9 Å². The van der Waals surface area contributed by atoms with Gasteiger partial charge in [-0.2, -0.15) is 5.10 Å². The number of rotatable bonds is 13. The molecule has 0 fully saturated rings. The van der Waals surface area contributed by atoms with Crippen LogP contribution in [0.2, 0.25) is 25.7 Å². The quantitative estimate of drug-likeness (QED) is 0.140. The summed E-state index contributed by atoms with van der Waals surface area (Å²) in [6.07, 6.45) is 2.27. The van der Waals surface area contributed by atoms with Crippen molar-refractivity contribution in [1.82, 2.24) is 34.0 Å². The Kier molecular flexibility index (Phi) is 10.4. The molecular weight excluding hydrogens is 602 g/mol. The lowest BCUT2D eigenvalue weighted by Gasteiger charge is -2.33. The van der Waals surface area contributed by atoms with Crippen LogP contribution in [0.15, 0.2) is 65.8 Å². The minimum Gasteiger partial charge on any atom is -0.465 e. The third kappa shape index (κ3) is 8.83. The maximum Gasteiger partial charge on any atom is 0.408 e. The lowest BCUT2D eigenvalue weighted by atomic mass is 10.1. The number of thiophene rings is 1. The Morgan fingerprint density at radius 1 is 1.11 bits per heavy atom. The predicted molar refractivity (Wildman–Crippen MR) is 172 cm³/mol. The van der Waals surface area contributed by atoms with Gasteiger partial charge in [0.2, 0.25) is 0 Å². The third-order valence-electron chi connectivity index (χ3n) is 6.88. The molecule has 44 heavy (non-hydrogen) atoms. The molecule has 1 N–H and O–H groups in total. The van der Waals surface area contributed by atoms with Gasteiger partial charge in [0.25, 0.3) is 0 Å². The molecule has 3 heterocycles. The van der Waals surface area contributed by atoms with Gasteiger partial charge >= 0.3 is 11.8 Å². The average Bonchev–Trinajstić information content (AvgIpc) is 3.70. The van der Waals surface area contributed by atoms with Gasteiger partial charge in [0.15, 0.2) is 5.82 Å². The minimum atomic E-state index is -1.17. The minimum absolute atomic E-state index is 0.129. The molecule has 11 nitrogen and oxygen atoms in total. The van der Waals surface area contributed by atoms with Gasteiger partial charge in [-0.3, -0.25) is 9.47 Å². The molecule has 0 atom stereocenters. The highest BCUT2D eigenvalue weighted by Crippen LogP contribution is 2.30. The molecule has 4 rings (SSSR count). The largest absolute Gasteiger partial charge is 0.465 e. The van der Waals surface area contributed by atoms with Gasteiger partial charge < -0.3 is 9.84 Å². The second-order valence-electron chi connectivity index (χ2n) is 12.8. The molecule has 0 aliphatic rings. The van der Waals surface area contributed by atoms with E-state index in [0.29, 0.717) is 25.4 Å². The molecule has 0 bridgehead atoms. The zero-order valence-corrected chi connectivity index (χ0v) is 27.8. The Labute approximate surface area is 261 Å². The monoisotopic (exact) mass is 641 g/mol. The molecule has 0 unspecified atom stereocenters. The molecule has 0 saturated carbocycles. The highest BCUT2D eigenvalue weighted by atomic mass is 32.1. The number of aromatic nitrogens is 6. The number of carbonyl (C=O) groups is 1. The standard InChI is InChI=1S/C30H40FN7O4SSi/c1-30(2,3)37(29(40)41)16-22(15-31)17-38-28(39)35(20-33-38)18-25-11-12-26(43-25)23-7-9-24(10-8-23)27-32-19-36(34-27)21-42-13-14-44(4,5)6/h7-12,15,19-20H,13-14,16-18,21H2,1-6H3,(H,40,41)/b22-15-. The Morgan fingerprint density at radius 2 is 1.82 bits per heavy atom. The second kappa shape index (κ2) is 13.8. The molecule has 1 amide bonds. The summed E-state index contributed by atoms with van der Waals surface area (Å²) in [6.45, 7) is 13.2. The first kappa shape index (κ1) is 33.0. The summed E-state index contributed by atoms with van der Waals surface area (Å²) in [6, 6.07) is 13.1. The average molecular weight is 642 g/mol. The van der Waals surface area contributed by atoms with E-state index in [0.717, 1.165) is 43.1 Å².